The largest absolute Gasteiger partial charge is 0.489 e. The lowest BCUT2D eigenvalue weighted by molar-refractivity contribution is -0.107. The summed E-state index contributed by atoms with van der Waals surface area (Å²) in [5, 5.41) is 6.04. The lowest BCUT2D eigenvalue weighted by Crippen LogP contribution is -2.18. The van der Waals surface area contributed by atoms with E-state index >= 15 is 0 Å². The molecule has 0 heterocycles. The maximum atomic E-state index is 11.3. The fourth-order valence-electron chi connectivity index (χ4n) is 1.42. The van der Waals surface area contributed by atoms with Gasteiger partial charge in [0.2, 0.25) is 6.41 Å². The zero-order chi connectivity index (χ0) is 16.2. The maximum absolute atomic E-state index is 11.3. The van der Waals surface area contributed by atoms with E-state index in [-0.39, 0.29) is 11.5 Å². The van der Waals surface area contributed by atoms with E-state index in [0.29, 0.717) is 27.9 Å². The predicted molar refractivity (Wildman–Crippen MR) is 88.7 cm³/mol. The van der Waals surface area contributed by atoms with Crippen LogP contribution in [0.2, 0.25) is 10.0 Å². The lowest BCUT2D eigenvalue weighted by Gasteiger charge is -2.19. The van der Waals surface area contributed by atoms with Gasteiger partial charge in [0.1, 0.15) is 5.75 Å². The van der Waals surface area contributed by atoms with E-state index < -0.39 is 0 Å². The fourth-order valence-corrected chi connectivity index (χ4v) is 1.93. The molecule has 21 heavy (non-hydrogen) atoms. The molecule has 0 aliphatic carbocycles. The Morgan fingerprint density at radius 2 is 1.86 bits per heavy atom. The van der Waals surface area contributed by atoms with Crippen molar-refractivity contribution in [2.45, 2.75) is 40.7 Å². The second-order valence-corrected chi connectivity index (χ2v) is 6.78. The minimum absolute atomic E-state index is 0.0423. The number of benzene rings is 1. The van der Waals surface area contributed by atoms with Gasteiger partial charge >= 0.3 is 0 Å². The third-order valence-corrected chi connectivity index (χ3v) is 2.88. The van der Waals surface area contributed by atoms with Gasteiger partial charge in [-0.05, 0) is 25.3 Å². The van der Waals surface area contributed by atoms with Crippen LogP contribution in [0.25, 0.3) is 0 Å². The molecule has 0 spiro atoms. The predicted octanol–water partition coefficient (Wildman–Crippen LogP) is 4.78. The highest BCUT2D eigenvalue weighted by atomic mass is 35.5. The first-order valence-electron chi connectivity index (χ1n) is 6.59. The molecule has 1 rings (SSSR count). The maximum Gasteiger partial charge on any atom is 0.234 e. The lowest BCUT2D eigenvalue weighted by atomic mass is 9.99. The molecule has 0 aliphatic heterocycles. The first-order chi connectivity index (χ1) is 9.64. The molecule has 0 aromatic heterocycles. The SMILES string of the molecule is CC(C)Oc1cc(N(C=O)N=CC(C)(C)C)c(Cl)cc1Cl. The van der Waals surface area contributed by atoms with Crippen LogP contribution in [0.15, 0.2) is 17.2 Å². The monoisotopic (exact) mass is 330 g/mol. The Labute approximate surface area is 135 Å². The van der Waals surface area contributed by atoms with E-state index in [4.69, 9.17) is 27.9 Å². The van der Waals surface area contributed by atoms with Crippen LogP contribution in [0.1, 0.15) is 34.6 Å². The van der Waals surface area contributed by atoms with Crippen LogP contribution < -0.4 is 9.75 Å². The number of rotatable bonds is 5. The number of nitrogens with zero attached hydrogens (tertiary/aromatic N) is 2. The van der Waals surface area contributed by atoms with Crippen LogP contribution in [0.3, 0.4) is 0 Å². The zero-order valence-corrected chi connectivity index (χ0v) is 14.4. The average molecular weight is 331 g/mol. The number of carbonyl (C=O) groups excluding carboxylic acids is 1. The third kappa shape index (κ3) is 5.56. The Bertz CT molecular complexity index is 537. The van der Waals surface area contributed by atoms with Gasteiger partial charge in [-0.25, -0.2) is 5.01 Å². The van der Waals surface area contributed by atoms with Gasteiger partial charge in [-0.2, -0.15) is 5.10 Å². The molecule has 6 heteroatoms. The summed E-state index contributed by atoms with van der Waals surface area (Å²) < 4.78 is 5.60. The standard InChI is InChI=1S/C15H20Cl2N2O2/c1-10(2)21-14-7-13(11(16)6-12(14)17)19(9-20)18-8-15(3,4)5/h6-10H,1-5H3. The van der Waals surface area contributed by atoms with Gasteiger partial charge in [0.05, 0.1) is 21.8 Å². The van der Waals surface area contributed by atoms with E-state index in [1.54, 1.807) is 18.3 Å². The molecule has 0 saturated heterocycles. The molecule has 0 atom stereocenters. The Hall–Kier alpha value is -1.26. The zero-order valence-electron chi connectivity index (χ0n) is 12.9. The van der Waals surface area contributed by atoms with Gasteiger partial charge in [-0.1, -0.05) is 44.0 Å². The van der Waals surface area contributed by atoms with Crippen molar-refractivity contribution in [2.75, 3.05) is 5.01 Å². The minimum Gasteiger partial charge on any atom is -0.489 e. The molecular formula is C15H20Cl2N2O2. The van der Waals surface area contributed by atoms with Crippen molar-refractivity contribution >= 4 is 41.5 Å². The molecule has 0 N–H and O–H groups in total. The van der Waals surface area contributed by atoms with Gasteiger partial charge in [-0.3, -0.25) is 4.79 Å². The number of halogens is 2. The highest BCUT2D eigenvalue weighted by Crippen LogP contribution is 2.36. The van der Waals surface area contributed by atoms with Crippen LogP contribution in [-0.2, 0) is 4.79 Å². The molecule has 0 radical (unpaired) electrons. The van der Waals surface area contributed by atoms with Crippen LogP contribution in [0.5, 0.6) is 5.75 Å². The van der Waals surface area contributed by atoms with Crippen molar-refractivity contribution in [3.63, 3.8) is 0 Å². The van der Waals surface area contributed by atoms with E-state index in [9.17, 15) is 4.79 Å². The topological polar surface area (TPSA) is 41.9 Å². The summed E-state index contributed by atoms with van der Waals surface area (Å²) in [5.74, 6) is 0.462. The van der Waals surface area contributed by atoms with Crippen LogP contribution in [0.4, 0.5) is 5.69 Å². The fraction of sp³-hybridized carbons (Fsp3) is 0.467. The van der Waals surface area contributed by atoms with Gasteiger partial charge in [0.25, 0.3) is 0 Å². The Balaban J connectivity index is 3.20. The van der Waals surface area contributed by atoms with Crippen molar-refractivity contribution in [1.82, 2.24) is 0 Å². The van der Waals surface area contributed by atoms with Crippen molar-refractivity contribution in [3.8, 4) is 5.75 Å². The number of hydrazone groups is 1. The first-order valence-corrected chi connectivity index (χ1v) is 7.35. The molecule has 0 unspecified atom stereocenters. The van der Waals surface area contributed by atoms with Gasteiger partial charge in [0.15, 0.2) is 0 Å². The Morgan fingerprint density at radius 3 is 2.33 bits per heavy atom. The number of ether oxygens (including phenoxy) is 1. The summed E-state index contributed by atoms with van der Waals surface area (Å²) in [5.41, 5.74) is 0.268. The van der Waals surface area contributed by atoms with Gasteiger partial charge in [-0.15, -0.1) is 0 Å². The van der Waals surface area contributed by atoms with Crippen molar-refractivity contribution in [3.05, 3.63) is 22.2 Å². The average Bonchev–Trinajstić information content (AvgIpc) is 2.33. The number of hydrogen-bond donors (Lipinski definition) is 0. The smallest absolute Gasteiger partial charge is 0.234 e. The molecule has 0 fully saturated rings. The molecule has 116 valence electrons. The molecule has 1 aromatic carbocycles. The summed E-state index contributed by atoms with van der Waals surface area (Å²) in [4.78, 5) is 11.3. The van der Waals surface area contributed by atoms with E-state index in [2.05, 4.69) is 5.10 Å². The Morgan fingerprint density at radius 1 is 1.24 bits per heavy atom. The quantitative estimate of drug-likeness (QED) is 0.443. The Kier molecular flexibility index (Phi) is 6.05. The van der Waals surface area contributed by atoms with Crippen molar-refractivity contribution in [1.29, 1.82) is 0 Å². The van der Waals surface area contributed by atoms with E-state index in [0.717, 1.165) is 5.01 Å². The van der Waals surface area contributed by atoms with Gasteiger partial charge < -0.3 is 4.74 Å². The van der Waals surface area contributed by atoms with E-state index in [1.165, 1.54) is 0 Å². The normalized spacial score (nSPS) is 12.0. The van der Waals surface area contributed by atoms with Crippen LogP contribution >= 0.6 is 23.2 Å². The second kappa shape index (κ2) is 7.14. The van der Waals surface area contributed by atoms with Crippen molar-refractivity contribution in [2.24, 2.45) is 10.5 Å². The van der Waals surface area contributed by atoms with Gasteiger partial charge in [0, 0.05) is 12.3 Å². The summed E-state index contributed by atoms with van der Waals surface area (Å²) in [6, 6.07) is 3.15. The molecule has 1 amide bonds. The molecule has 4 nitrogen and oxygen atoms in total. The number of carbonyl (C=O) groups is 1. The van der Waals surface area contributed by atoms with Crippen LogP contribution in [0, 0.1) is 5.41 Å². The minimum atomic E-state index is -0.155. The van der Waals surface area contributed by atoms with Crippen molar-refractivity contribution < 1.29 is 9.53 Å². The first kappa shape index (κ1) is 17.8. The molecule has 0 aliphatic rings. The van der Waals surface area contributed by atoms with Crippen LogP contribution in [-0.4, -0.2) is 18.7 Å². The summed E-state index contributed by atoms with van der Waals surface area (Å²) in [6.07, 6.45) is 2.23. The highest BCUT2D eigenvalue weighted by molar-refractivity contribution is 6.37. The molecule has 0 bridgehead atoms. The summed E-state index contributed by atoms with van der Waals surface area (Å²) in [6.45, 7) is 9.72. The second-order valence-electron chi connectivity index (χ2n) is 5.96. The summed E-state index contributed by atoms with van der Waals surface area (Å²) in [7, 11) is 0. The highest BCUT2D eigenvalue weighted by Gasteiger charge is 2.15. The third-order valence-electron chi connectivity index (χ3n) is 2.28. The molecule has 0 saturated carbocycles. The summed E-state index contributed by atoms with van der Waals surface area (Å²) >= 11 is 12.2. The number of hydrogen-bond acceptors (Lipinski definition) is 3. The van der Waals surface area contributed by atoms with E-state index in [1.807, 2.05) is 34.6 Å². The number of amides is 1. The number of anilines is 1. The molecule has 1 aromatic rings. The molecular weight excluding hydrogens is 311 g/mol.